The molecule has 0 saturated heterocycles. The molecule has 136 valence electrons. The van der Waals surface area contributed by atoms with Gasteiger partial charge in [-0.25, -0.2) is 13.1 Å². The number of hydrogen-bond donors (Lipinski definition) is 2. The van der Waals surface area contributed by atoms with Gasteiger partial charge in [-0.1, -0.05) is 19.3 Å². The molecule has 24 heavy (non-hydrogen) atoms. The molecule has 0 bridgehead atoms. The molecule has 6 nitrogen and oxygen atoms in total. The van der Waals surface area contributed by atoms with E-state index in [4.69, 9.17) is 15.2 Å². The Morgan fingerprint density at radius 1 is 1.17 bits per heavy atom. The van der Waals surface area contributed by atoms with Crippen molar-refractivity contribution in [1.29, 1.82) is 0 Å². The second-order valence-electron chi connectivity index (χ2n) is 6.17. The molecule has 1 atom stereocenters. The normalized spacial score (nSPS) is 17.6. The van der Waals surface area contributed by atoms with E-state index in [2.05, 4.69) is 4.72 Å². The van der Waals surface area contributed by atoms with Crippen molar-refractivity contribution in [2.45, 2.75) is 43.0 Å². The molecule has 3 N–H and O–H groups in total. The summed E-state index contributed by atoms with van der Waals surface area (Å²) in [6, 6.07) is 6.22. The molecule has 0 radical (unpaired) electrons. The van der Waals surface area contributed by atoms with E-state index in [1.54, 1.807) is 31.4 Å². The Balaban J connectivity index is 2.00. The number of methoxy groups -OCH3 is 1. The maximum Gasteiger partial charge on any atom is 0.240 e. The molecule has 1 unspecified atom stereocenters. The van der Waals surface area contributed by atoms with Crippen molar-refractivity contribution in [2.75, 3.05) is 26.9 Å². The molecule has 1 saturated carbocycles. The maximum absolute atomic E-state index is 12.6. The lowest BCUT2D eigenvalue weighted by atomic mass is 9.84. The van der Waals surface area contributed by atoms with E-state index in [0.29, 0.717) is 31.4 Å². The zero-order valence-corrected chi connectivity index (χ0v) is 15.1. The number of sulfonamides is 1. The predicted molar refractivity (Wildman–Crippen MR) is 93.6 cm³/mol. The molecule has 0 aromatic heterocycles. The van der Waals surface area contributed by atoms with Gasteiger partial charge in [-0.15, -0.1) is 0 Å². The predicted octanol–water partition coefficient (Wildman–Crippen LogP) is 1.90. The first-order valence-electron chi connectivity index (χ1n) is 8.51. The van der Waals surface area contributed by atoms with E-state index in [-0.39, 0.29) is 10.9 Å². The van der Waals surface area contributed by atoms with E-state index < -0.39 is 10.0 Å². The van der Waals surface area contributed by atoms with Gasteiger partial charge in [-0.3, -0.25) is 0 Å². The minimum Gasteiger partial charge on any atom is -0.491 e. The van der Waals surface area contributed by atoms with Crippen LogP contribution in [0.4, 0.5) is 0 Å². The topological polar surface area (TPSA) is 90.6 Å². The van der Waals surface area contributed by atoms with Crippen LogP contribution < -0.4 is 15.2 Å². The van der Waals surface area contributed by atoms with Gasteiger partial charge in [-0.2, -0.15) is 0 Å². The number of nitrogens with two attached hydrogens (primary N) is 1. The third-order valence-corrected chi connectivity index (χ3v) is 5.98. The Labute approximate surface area is 144 Å². The Morgan fingerprint density at radius 2 is 1.83 bits per heavy atom. The molecule has 1 aromatic rings. The molecule has 1 aliphatic carbocycles. The van der Waals surface area contributed by atoms with E-state index in [1.165, 1.54) is 6.42 Å². The highest BCUT2D eigenvalue weighted by Crippen LogP contribution is 2.27. The highest BCUT2D eigenvalue weighted by molar-refractivity contribution is 7.89. The van der Waals surface area contributed by atoms with Crippen LogP contribution in [-0.2, 0) is 14.8 Å². The van der Waals surface area contributed by atoms with Gasteiger partial charge in [-0.05, 0) is 43.0 Å². The number of hydrogen-bond acceptors (Lipinski definition) is 5. The van der Waals surface area contributed by atoms with Crippen molar-refractivity contribution < 1.29 is 17.9 Å². The van der Waals surface area contributed by atoms with Gasteiger partial charge in [0.25, 0.3) is 0 Å². The number of benzene rings is 1. The Morgan fingerprint density at radius 3 is 2.42 bits per heavy atom. The lowest BCUT2D eigenvalue weighted by molar-refractivity contribution is 0.146. The first-order valence-corrected chi connectivity index (χ1v) is 9.99. The zero-order valence-electron chi connectivity index (χ0n) is 14.2. The van der Waals surface area contributed by atoms with Crippen LogP contribution in [0.3, 0.4) is 0 Å². The van der Waals surface area contributed by atoms with Crippen LogP contribution in [0.2, 0.25) is 0 Å². The summed E-state index contributed by atoms with van der Waals surface area (Å²) in [7, 11) is -1.97. The highest BCUT2D eigenvalue weighted by Gasteiger charge is 2.27. The number of ether oxygens (including phenoxy) is 2. The van der Waals surface area contributed by atoms with E-state index in [9.17, 15) is 8.42 Å². The van der Waals surface area contributed by atoms with Crippen LogP contribution >= 0.6 is 0 Å². The molecule has 1 fully saturated rings. The average molecular weight is 356 g/mol. The SMILES string of the molecule is COCCOc1ccc(S(=O)(=O)NC(CN)C2CCCCC2)cc1. The average Bonchev–Trinajstić information content (AvgIpc) is 2.61. The number of rotatable bonds is 9. The second-order valence-corrected chi connectivity index (χ2v) is 7.89. The van der Waals surface area contributed by atoms with Gasteiger partial charge >= 0.3 is 0 Å². The third-order valence-electron chi connectivity index (χ3n) is 4.47. The number of nitrogens with one attached hydrogen (secondary N) is 1. The van der Waals surface area contributed by atoms with Gasteiger partial charge in [0.05, 0.1) is 11.5 Å². The molecule has 7 heteroatoms. The molecule has 0 aliphatic heterocycles. The zero-order chi connectivity index (χ0) is 17.4. The Hall–Kier alpha value is -1.15. The van der Waals surface area contributed by atoms with E-state index >= 15 is 0 Å². The molecule has 2 rings (SSSR count). The summed E-state index contributed by atoms with van der Waals surface area (Å²) < 4.78 is 38.3. The third kappa shape index (κ3) is 5.44. The molecule has 0 amide bonds. The smallest absolute Gasteiger partial charge is 0.240 e. The van der Waals surface area contributed by atoms with Crippen LogP contribution in [-0.4, -0.2) is 41.3 Å². The second kappa shape index (κ2) is 9.36. The minimum absolute atomic E-state index is 0.201. The van der Waals surface area contributed by atoms with Crippen molar-refractivity contribution >= 4 is 10.0 Å². The largest absolute Gasteiger partial charge is 0.491 e. The van der Waals surface area contributed by atoms with Gasteiger partial charge in [0, 0.05) is 19.7 Å². The first kappa shape index (κ1) is 19.2. The highest BCUT2D eigenvalue weighted by atomic mass is 32.2. The van der Waals surface area contributed by atoms with Gasteiger partial charge in [0.15, 0.2) is 0 Å². The summed E-state index contributed by atoms with van der Waals surface area (Å²) in [6.07, 6.45) is 5.60. The summed E-state index contributed by atoms with van der Waals surface area (Å²) in [6.45, 7) is 1.24. The van der Waals surface area contributed by atoms with Crippen LogP contribution in [0, 0.1) is 5.92 Å². The van der Waals surface area contributed by atoms with Gasteiger partial charge < -0.3 is 15.2 Å². The van der Waals surface area contributed by atoms with Gasteiger partial charge in [0.2, 0.25) is 10.0 Å². The molecule has 1 aromatic carbocycles. The molecule has 0 spiro atoms. The summed E-state index contributed by atoms with van der Waals surface area (Å²) in [5.41, 5.74) is 5.82. The van der Waals surface area contributed by atoms with Crippen molar-refractivity contribution in [2.24, 2.45) is 11.7 Å². The van der Waals surface area contributed by atoms with Crippen molar-refractivity contribution in [3.05, 3.63) is 24.3 Å². The van der Waals surface area contributed by atoms with E-state index in [1.807, 2.05) is 0 Å². The summed E-state index contributed by atoms with van der Waals surface area (Å²) in [5, 5.41) is 0. The van der Waals surface area contributed by atoms with Crippen molar-refractivity contribution in [3.63, 3.8) is 0 Å². The standard InChI is InChI=1S/C17H28N2O4S/c1-22-11-12-23-15-7-9-16(10-8-15)24(20,21)19-17(13-18)14-5-3-2-4-6-14/h7-10,14,17,19H,2-6,11-13,18H2,1H3. The van der Waals surface area contributed by atoms with Crippen LogP contribution in [0.5, 0.6) is 5.75 Å². The summed E-state index contributed by atoms with van der Waals surface area (Å²) in [5.74, 6) is 0.948. The fourth-order valence-electron chi connectivity index (χ4n) is 3.10. The van der Waals surface area contributed by atoms with Crippen LogP contribution in [0.25, 0.3) is 0 Å². The lowest BCUT2D eigenvalue weighted by Gasteiger charge is -2.29. The van der Waals surface area contributed by atoms with Gasteiger partial charge in [0.1, 0.15) is 12.4 Å². The van der Waals surface area contributed by atoms with Crippen LogP contribution in [0.15, 0.2) is 29.2 Å². The van der Waals surface area contributed by atoms with E-state index in [0.717, 1.165) is 25.7 Å². The summed E-state index contributed by atoms with van der Waals surface area (Å²) in [4.78, 5) is 0.232. The monoisotopic (exact) mass is 356 g/mol. The quantitative estimate of drug-likeness (QED) is 0.660. The molecular formula is C17H28N2O4S. The summed E-state index contributed by atoms with van der Waals surface area (Å²) >= 11 is 0. The Bertz CT molecular complexity index is 583. The van der Waals surface area contributed by atoms with Crippen LogP contribution in [0.1, 0.15) is 32.1 Å². The molecular weight excluding hydrogens is 328 g/mol. The molecule has 1 aliphatic rings. The fraction of sp³-hybridized carbons (Fsp3) is 0.647. The first-order chi connectivity index (χ1) is 11.6. The molecule has 0 heterocycles. The van der Waals surface area contributed by atoms with Crippen molar-refractivity contribution in [3.8, 4) is 5.75 Å². The van der Waals surface area contributed by atoms with Crippen molar-refractivity contribution in [1.82, 2.24) is 4.72 Å². The minimum atomic E-state index is -3.57. The fourth-order valence-corrected chi connectivity index (χ4v) is 4.42. The lowest BCUT2D eigenvalue weighted by Crippen LogP contribution is -2.45. The Kier molecular flexibility index (Phi) is 7.48. The maximum atomic E-state index is 12.6.